The Labute approximate surface area is 118 Å². The second kappa shape index (κ2) is 7.33. The van der Waals surface area contributed by atoms with Crippen LogP contribution in [0.4, 0.5) is 8.78 Å². The molecule has 0 bridgehead atoms. The lowest BCUT2D eigenvalue weighted by molar-refractivity contribution is -0.123. The van der Waals surface area contributed by atoms with E-state index in [0.29, 0.717) is 12.3 Å². The predicted octanol–water partition coefficient (Wildman–Crippen LogP) is 2.39. The molecule has 0 aliphatic rings. The van der Waals surface area contributed by atoms with Gasteiger partial charge in [0.1, 0.15) is 11.6 Å². The average Bonchev–Trinajstić information content (AvgIpc) is 2.33. The van der Waals surface area contributed by atoms with Crippen molar-refractivity contribution >= 4 is 5.91 Å². The van der Waals surface area contributed by atoms with Crippen LogP contribution in [0.5, 0.6) is 0 Å². The van der Waals surface area contributed by atoms with Crippen LogP contribution in [0.2, 0.25) is 0 Å². The number of nitrogens with two attached hydrogens (primary N) is 1. The highest BCUT2D eigenvalue weighted by atomic mass is 19.1. The Kier molecular flexibility index (Phi) is 6.07. The van der Waals surface area contributed by atoms with E-state index in [4.69, 9.17) is 5.73 Å². The summed E-state index contributed by atoms with van der Waals surface area (Å²) in [7, 11) is 0. The molecule has 5 heteroatoms. The maximum Gasteiger partial charge on any atom is 0.237 e. The monoisotopic (exact) mass is 284 g/mol. The summed E-state index contributed by atoms with van der Waals surface area (Å²) in [4.78, 5) is 11.8. The predicted molar refractivity (Wildman–Crippen MR) is 75.1 cm³/mol. The number of rotatable bonds is 6. The van der Waals surface area contributed by atoms with E-state index in [-0.39, 0.29) is 23.9 Å². The van der Waals surface area contributed by atoms with Crippen LogP contribution < -0.4 is 11.1 Å². The smallest absolute Gasteiger partial charge is 0.237 e. The Balaban J connectivity index is 2.59. The third-order valence-electron chi connectivity index (χ3n) is 3.02. The van der Waals surface area contributed by atoms with E-state index in [9.17, 15) is 13.6 Å². The van der Waals surface area contributed by atoms with Crippen LogP contribution in [0.25, 0.3) is 0 Å². The Morgan fingerprint density at radius 3 is 2.30 bits per heavy atom. The zero-order chi connectivity index (χ0) is 15.3. The van der Waals surface area contributed by atoms with E-state index in [1.807, 2.05) is 13.8 Å². The fourth-order valence-electron chi connectivity index (χ4n) is 2.05. The van der Waals surface area contributed by atoms with Gasteiger partial charge in [0.2, 0.25) is 5.91 Å². The molecule has 112 valence electrons. The standard InChI is InChI=1S/C15H22F2N2O/c1-9(2)7-14(18)15(20)19-10(3)8-11-12(16)5-4-6-13(11)17/h4-6,9-10,14H,7-8,18H2,1-3H3,(H,19,20). The van der Waals surface area contributed by atoms with Crippen LogP contribution in [-0.4, -0.2) is 18.0 Å². The number of carbonyl (C=O) groups is 1. The number of amides is 1. The molecule has 0 fully saturated rings. The van der Waals surface area contributed by atoms with Gasteiger partial charge in [-0.1, -0.05) is 19.9 Å². The second-order valence-corrected chi connectivity index (χ2v) is 5.55. The molecule has 0 saturated heterocycles. The van der Waals surface area contributed by atoms with E-state index in [0.717, 1.165) is 0 Å². The van der Waals surface area contributed by atoms with Crippen LogP contribution in [-0.2, 0) is 11.2 Å². The van der Waals surface area contributed by atoms with Crippen LogP contribution in [0.3, 0.4) is 0 Å². The SMILES string of the molecule is CC(C)CC(N)C(=O)NC(C)Cc1c(F)cccc1F. The van der Waals surface area contributed by atoms with Crippen molar-refractivity contribution < 1.29 is 13.6 Å². The summed E-state index contributed by atoms with van der Waals surface area (Å²) in [6.45, 7) is 5.66. The van der Waals surface area contributed by atoms with Crippen molar-refractivity contribution in [1.29, 1.82) is 0 Å². The van der Waals surface area contributed by atoms with Gasteiger partial charge in [0.15, 0.2) is 0 Å². The quantitative estimate of drug-likeness (QED) is 0.842. The molecule has 0 radical (unpaired) electrons. The molecule has 1 rings (SSSR count). The molecular formula is C15H22F2N2O. The first-order chi connectivity index (χ1) is 9.31. The van der Waals surface area contributed by atoms with Crippen molar-refractivity contribution in [2.24, 2.45) is 11.7 Å². The van der Waals surface area contributed by atoms with Crippen molar-refractivity contribution in [2.45, 2.75) is 45.7 Å². The van der Waals surface area contributed by atoms with E-state index in [1.54, 1.807) is 6.92 Å². The minimum absolute atomic E-state index is 0.0160. The average molecular weight is 284 g/mol. The maximum atomic E-state index is 13.5. The Hall–Kier alpha value is -1.49. The summed E-state index contributed by atoms with van der Waals surface area (Å²) >= 11 is 0. The molecule has 1 aromatic rings. The molecule has 2 atom stereocenters. The first-order valence-electron chi connectivity index (χ1n) is 6.80. The minimum atomic E-state index is -0.599. The molecule has 3 N–H and O–H groups in total. The van der Waals surface area contributed by atoms with E-state index < -0.39 is 17.7 Å². The lowest BCUT2D eigenvalue weighted by atomic mass is 10.0. The van der Waals surface area contributed by atoms with E-state index >= 15 is 0 Å². The molecule has 0 heterocycles. The number of benzene rings is 1. The summed E-state index contributed by atoms with van der Waals surface area (Å²) in [6.07, 6.45) is 0.672. The summed E-state index contributed by atoms with van der Waals surface area (Å²) in [5.74, 6) is -1.17. The van der Waals surface area contributed by atoms with Crippen molar-refractivity contribution in [3.05, 3.63) is 35.4 Å². The Morgan fingerprint density at radius 1 is 1.25 bits per heavy atom. The van der Waals surface area contributed by atoms with Crippen molar-refractivity contribution in [3.63, 3.8) is 0 Å². The topological polar surface area (TPSA) is 55.1 Å². The maximum absolute atomic E-state index is 13.5. The third-order valence-corrected chi connectivity index (χ3v) is 3.02. The lowest BCUT2D eigenvalue weighted by Gasteiger charge is -2.19. The fourth-order valence-corrected chi connectivity index (χ4v) is 2.05. The highest BCUT2D eigenvalue weighted by Gasteiger charge is 2.19. The molecule has 0 spiro atoms. The highest BCUT2D eigenvalue weighted by molar-refractivity contribution is 5.81. The van der Waals surface area contributed by atoms with Gasteiger partial charge >= 0.3 is 0 Å². The molecule has 0 aromatic heterocycles. The summed E-state index contributed by atoms with van der Waals surface area (Å²) in [6, 6.07) is 2.75. The van der Waals surface area contributed by atoms with Gasteiger partial charge in [-0.25, -0.2) is 8.78 Å². The lowest BCUT2D eigenvalue weighted by Crippen LogP contribution is -2.45. The minimum Gasteiger partial charge on any atom is -0.352 e. The molecule has 0 aliphatic carbocycles. The van der Waals surface area contributed by atoms with Crippen LogP contribution in [0.15, 0.2) is 18.2 Å². The molecule has 3 nitrogen and oxygen atoms in total. The van der Waals surface area contributed by atoms with Crippen molar-refractivity contribution in [1.82, 2.24) is 5.32 Å². The highest BCUT2D eigenvalue weighted by Crippen LogP contribution is 2.14. The largest absolute Gasteiger partial charge is 0.352 e. The number of halogens is 2. The zero-order valence-corrected chi connectivity index (χ0v) is 12.1. The summed E-state index contributed by atoms with van der Waals surface area (Å²) in [5.41, 5.74) is 5.74. The second-order valence-electron chi connectivity index (χ2n) is 5.55. The summed E-state index contributed by atoms with van der Waals surface area (Å²) < 4.78 is 27.0. The zero-order valence-electron chi connectivity index (χ0n) is 12.1. The molecule has 1 aromatic carbocycles. The van der Waals surface area contributed by atoms with E-state index in [1.165, 1.54) is 18.2 Å². The normalized spacial score (nSPS) is 14.2. The van der Waals surface area contributed by atoms with Crippen LogP contribution >= 0.6 is 0 Å². The molecular weight excluding hydrogens is 262 g/mol. The van der Waals surface area contributed by atoms with Gasteiger partial charge in [0, 0.05) is 11.6 Å². The number of nitrogens with one attached hydrogen (secondary N) is 1. The van der Waals surface area contributed by atoms with E-state index in [2.05, 4.69) is 5.32 Å². The van der Waals surface area contributed by atoms with Gasteiger partial charge in [-0.05, 0) is 37.8 Å². The number of hydrogen-bond donors (Lipinski definition) is 2. The van der Waals surface area contributed by atoms with Gasteiger partial charge in [-0.15, -0.1) is 0 Å². The van der Waals surface area contributed by atoms with Gasteiger partial charge in [-0.3, -0.25) is 4.79 Å². The molecule has 0 saturated carbocycles. The van der Waals surface area contributed by atoms with Gasteiger partial charge in [0.25, 0.3) is 0 Å². The third kappa shape index (κ3) is 4.89. The van der Waals surface area contributed by atoms with Crippen molar-refractivity contribution in [2.75, 3.05) is 0 Å². The summed E-state index contributed by atoms with van der Waals surface area (Å²) in [5, 5.41) is 2.69. The number of hydrogen-bond acceptors (Lipinski definition) is 2. The fraction of sp³-hybridized carbons (Fsp3) is 0.533. The van der Waals surface area contributed by atoms with Crippen molar-refractivity contribution in [3.8, 4) is 0 Å². The van der Waals surface area contributed by atoms with Gasteiger partial charge in [0.05, 0.1) is 6.04 Å². The first kappa shape index (κ1) is 16.6. The molecule has 1 amide bonds. The Morgan fingerprint density at radius 2 is 1.80 bits per heavy atom. The first-order valence-corrected chi connectivity index (χ1v) is 6.80. The Bertz CT molecular complexity index is 443. The van der Waals surface area contributed by atoms with Crippen LogP contribution in [0.1, 0.15) is 32.8 Å². The molecule has 2 unspecified atom stereocenters. The van der Waals surface area contributed by atoms with Gasteiger partial charge < -0.3 is 11.1 Å². The molecule has 0 aliphatic heterocycles. The molecule has 20 heavy (non-hydrogen) atoms. The van der Waals surface area contributed by atoms with Crippen LogP contribution in [0, 0.1) is 17.6 Å². The van der Waals surface area contributed by atoms with Gasteiger partial charge in [-0.2, -0.15) is 0 Å². The number of carbonyl (C=O) groups excluding carboxylic acids is 1.